The summed E-state index contributed by atoms with van der Waals surface area (Å²) in [6.45, 7) is 3.12. The van der Waals surface area contributed by atoms with Crippen LogP contribution in [-0.4, -0.2) is 36.4 Å². The first-order chi connectivity index (χ1) is 13.4. The van der Waals surface area contributed by atoms with Gasteiger partial charge in [-0.05, 0) is 64.0 Å². The number of benzene rings is 2. The first kappa shape index (κ1) is 22.1. The van der Waals surface area contributed by atoms with E-state index in [-0.39, 0.29) is 11.3 Å². The van der Waals surface area contributed by atoms with Gasteiger partial charge in [0, 0.05) is 45.2 Å². The summed E-state index contributed by atoms with van der Waals surface area (Å²) < 4.78 is 12.7. The fourth-order valence-corrected chi connectivity index (χ4v) is 4.67. The van der Waals surface area contributed by atoms with Crippen LogP contribution in [0.3, 0.4) is 0 Å². The molecule has 1 aliphatic rings. The Hall–Kier alpha value is -0.570. The van der Waals surface area contributed by atoms with Gasteiger partial charge in [0.2, 0.25) is 5.24 Å². The Morgan fingerprint density at radius 2 is 1.89 bits per heavy atom. The number of ether oxygens (including phenoxy) is 2. The van der Waals surface area contributed by atoms with Crippen molar-refractivity contribution >= 4 is 62.6 Å². The minimum absolute atomic E-state index is 0.0340. The van der Waals surface area contributed by atoms with Crippen LogP contribution in [0.25, 0.3) is 0 Å². The lowest BCUT2D eigenvalue weighted by Crippen LogP contribution is -2.39. The summed E-state index contributed by atoms with van der Waals surface area (Å²) in [6.07, 6.45) is 0.318. The Morgan fingerprint density at radius 3 is 2.54 bits per heavy atom. The molecule has 0 saturated carbocycles. The van der Waals surface area contributed by atoms with E-state index in [0.717, 1.165) is 33.5 Å². The SMILES string of the molecule is O=C(Cl)CCN1CCOC(c2ccc(OCc3c(Cl)cc(I)cc3Cl)cc2)C1. The molecule has 0 spiro atoms. The van der Waals surface area contributed by atoms with E-state index in [2.05, 4.69) is 27.5 Å². The van der Waals surface area contributed by atoms with Crippen LogP contribution < -0.4 is 4.74 Å². The lowest BCUT2D eigenvalue weighted by Gasteiger charge is -2.32. The average Bonchev–Trinajstić information content (AvgIpc) is 2.66. The van der Waals surface area contributed by atoms with Crippen LogP contribution in [0.4, 0.5) is 0 Å². The smallest absolute Gasteiger partial charge is 0.222 e. The Labute approximate surface area is 193 Å². The van der Waals surface area contributed by atoms with Gasteiger partial charge in [-0.3, -0.25) is 9.69 Å². The van der Waals surface area contributed by atoms with Crippen molar-refractivity contribution in [3.05, 3.63) is 61.1 Å². The van der Waals surface area contributed by atoms with Gasteiger partial charge in [-0.15, -0.1) is 0 Å². The van der Waals surface area contributed by atoms with Crippen LogP contribution in [0.2, 0.25) is 10.0 Å². The third-order valence-corrected chi connectivity index (χ3v) is 6.00. The summed E-state index contributed by atoms with van der Waals surface area (Å²) in [5.41, 5.74) is 1.84. The Kier molecular flexibility index (Phi) is 8.26. The van der Waals surface area contributed by atoms with Crippen LogP contribution in [0, 0.1) is 3.57 Å². The van der Waals surface area contributed by atoms with Crippen molar-refractivity contribution < 1.29 is 14.3 Å². The van der Waals surface area contributed by atoms with Gasteiger partial charge in [-0.25, -0.2) is 0 Å². The van der Waals surface area contributed by atoms with Gasteiger partial charge >= 0.3 is 0 Å². The molecule has 0 radical (unpaired) electrons. The lowest BCUT2D eigenvalue weighted by atomic mass is 10.1. The van der Waals surface area contributed by atoms with Crippen molar-refractivity contribution in [3.63, 3.8) is 0 Å². The van der Waals surface area contributed by atoms with E-state index in [1.54, 1.807) is 0 Å². The number of rotatable bonds is 7. The minimum atomic E-state index is -0.308. The number of hydrogen-bond donors (Lipinski definition) is 0. The van der Waals surface area contributed by atoms with Crippen molar-refractivity contribution in [2.75, 3.05) is 26.2 Å². The number of halogens is 4. The number of morpholine rings is 1. The van der Waals surface area contributed by atoms with Gasteiger partial charge in [-0.2, -0.15) is 0 Å². The predicted octanol–water partition coefficient (Wildman–Crippen LogP) is 5.71. The second-order valence-corrected chi connectivity index (χ2v) is 8.95. The van der Waals surface area contributed by atoms with Crippen LogP contribution in [0.15, 0.2) is 36.4 Å². The average molecular weight is 555 g/mol. The van der Waals surface area contributed by atoms with Crippen molar-refractivity contribution in [1.29, 1.82) is 0 Å². The monoisotopic (exact) mass is 553 g/mol. The third kappa shape index (κ3) is 6.21. The predicted molar refractivity (Wildman–Crippen MR) is 121 cm³/mol. The van der Waals surface area contributed by atoms with Gasteiger partial charge in [0.25, 0.3) is 0 Å². The summed E-state index contributed by atoms with van der Waals surface area (Å²) in [5.74, 6) is 0.731. The van der Waals surface area contributed by atoms with Crippen molar-refractivity contribution in [1.82, 2.24) is 4.90 Å². The van der Waals surface area contributed by atoms with E-state index < -0.39 is 0 Å². The molecule has 1 saturated heterocycles. The summed E-state index contributed by atoms with van der Waals surface area (Å²) in [7, 11) is 0. The summed E-state index contributed by atoms with van der Waals surface area (Å²) in [5, 5.41) is 0.886. The molecule has 0 N–H and O–H groups in total. The quantitative estimate of drug-likeness (QED) is 0.325. The molecule has 2 aromatic rings. The molecule has 1 unspecified atom stereocenters. The van der Waals surface area contributed by atoms with E-state index in [4.69, 9.17) is 44.3 Å². The topological polar surface area (TPSA) is 38.8 Å². The number of nitrogens with zero attached hydrogens (tertiary/aromatic N) is 1. The molecule has 0 aromatic heterocycles. The number of hydrogen-bond acceptors (Lipinski definition) is 4. The molecule has 0 aliphatic carbocycles. The first-order valence-corrected chi connectivity index (χ1v) is 11.0. The van der Waals surface area contributed by atoms with Crippen LogP contribution in [0.1, 0.15) is 23.7 Å². The summed E-state index contributed by atoms with van der Waals surface area (Å²) >= 11 is 20.1. The van der Waals surface area contributed by atoms with E-state index in [1.165, 1.54) is 0 Å². The third-order valence-electron chi connectivity index (χ3n) is 4.52. The molecule has 2 aromatic carbocycles. The van der Waals surface area contributed by atoms with E-state index >= 15 is 0 Å². The largest absolute Gasteiger partial charge is 0.489 e. The normalized spacial score (nSPS) is 17.5. The van der Waals surface area contributed by atoms with Crippen LogP contribution in [0.5, 0.6) is 5.75 Å². The first-order valence-electron chi connectivity index (χ1n) is 8.81. The highest BCUT2D eigenvalue weighted by atomic mass is 127. The molecule has 1 fully saturated rings. The van der Waals surface area contributed by atoms with E-state index in [9.17, 15) is 4.79 Å². The zero-order chi connectivity index (χ0) is 20.1. The molecule has 8 heteroatoms. The van der Waals surface area contributed by atoms with Gasteiger partial charge in [0.1, 0.15) is 12.4 Å². The summed E-state index contributed by atoms with van der Waals surface area (Å²) in [6, 6.07) is 11.5. The van der Waals surface area contributed by atoms with Crippen molar-refractivity contribution in [3.8, 4) is 5.75 Å². The zero-order valence-electron chi connectivity index (χ0n) is 15.0. The van der Waals surface area contributed by atoms with E-state index in [0.29, 0.717) is 36.2 Å². The highest BCUT2D eigenvalue weighted by molar-refractivity contribution is 14.1. The molecule has 3 rings (SSSR count). The maximum Gasteiger partial charge on any atom is 0.222 e. The molecular weight excluding hydrogens is 535 g/mol. The van der Waals surface area contributed by atoms with Crippen LogP contribution in [-0.2, 0) is 16.1 Å². The lowest BCUT2D eigenvalue weighted by molar-refractivity contribution is -0.112. The summed E-state index contributed by atoms with van der Waals surface area (Å²) in [4.78, 5) is 13.2. The number of carbonyl (C=O) groups is 1. The van der Waals surface area contributed by atoms with Gasteiger partial charge < -0.3 is 9.47 Å². The molecule has 28 heavy (non-hydrogen) atoms. The number of carbonyl (C=O) groups excluding carboxylic acids is 1. The molecule has 1 aliphatic heterocycles. The molecule has 150 valence electrons. The Bertz CT molecular complexity index is 809. The fourth-order valence-electron chi connectivity index (χ4n) is 3.00. The zero-order valence-corrected chi connectivity index (χ0v) is 19.4. The highest BCUT2D eigenvalue weighted by Gasteiger charge is 2.22. The molecule has 1 atom stereocenters. The molecular formula is C20H19Cl3INO3. The van der Waals surface area contributed by atoms with Gasteiger partial charge in [0.15, 0.2) is 0 Å². The van der Waals surface area contributed by atoms with Crippen molar-refractivity contribution in [2.24, 2.45) is 0 Å². The maximum atomic E-state index is 11.0. The van der Waals surface area contributed by atoms with Crippen molar-refractivity contribution in [2.45, 2.75) is 19.1 Å². The highest BCUT2D eigenvalue weighted by Crippen LogP contribution is 2.29. The van der Waals surface area contributed by atoms with Gasteiger partial charge in [0.05, 0.1) is 12.7 Å². The standard InChI is InChI=1S/C20H19Cl3INO3/c21-17-9-14(24)10-18(22)16(17)12-28-15-3-1-13(2-4-15)19-11-25(7-8-27-19)6-5-20(23)26/h1-4,9-10,19H,5-8,11-12H2. The Balaban J connectivity index is 1.58. The second kappa shape index (κ2) is 10.5. The molecule has 4 nitrogen and oxygen atoms in total. The molecule has 0 amide bonds. The van der Waals surface area contributed by atoms with Crippen LogP contribution >= 0.6 is 57.4 Å². The van der Waals surface area contributed by atoms with Gasteiger partial charge in [-0.1, -0.05) is 35.3 Å². The minimum Gasteiger partial charge on any atom is -0.489 e. The molecule has 1 heterocycles. The maximum absolute atomic E-state index is 11.0. The fraction of sp³-hybridized carbons (Fsp3) is 0.350. The Morgan fingerprint density at radius 1 is 1.21 bits per heavy atom. The second-order valence-electron chi connectivity index (χ2n) is 6.47. The molecule has 0 bridgehead atoms. The van der Waals surface area contributed by atoms with E-state index in [1.807, 2.05) is 36.4 Å².